The number of Topliss-reactive ketones (excluding diaryl/α,β-unsaturated/α-hetero) is 1. The summed E-state index contributed by atoms with van der Waals surface area (Å²) < 4.78 is 12.8. The number of benzene rings is 4. The van der Waals surface area contributed by atoms with Crippen LogP contribution >= 0.6 is 0 Å². The maximum atomic E-state index is 15.1. The molecule has 43 heavy (non-hydrogen) atoms. The molecule has 1 aliphatic heterocycles. The van der Waals surface area contributed by atoms with E-state index in [0.717, 1.165) is 16.5 Å². The Kier molecular flexibility index (Phi) is 7.55. The molecule has 0 N–H and O–H groups in total. The number of hydrogen-bond donors (Lipinski definition) is 0. The van der Waals surface area contributed by atoms with E-state index in [1.54, 1.807) is 19.9 Å². The Morgan fingerprint density at radius 1 is 0.698 bits per heavy atom. The summed E-state index contributed by atoms with van der Waals surface area (Å²) in [5.41, 5.74) is 3.40. The van der Waals surface area contributed by atoms with Crippen molar-refractivity contribution in [2.45, 2.75) is 25.9 Å². The monoisotopic (exact) mass is 572 g/mol. The lowest BCUT2D eigenvalue weighted by Gasteiger charge is -2.40. The lowest BCUT2D eigenvalue weighted by Crippen LogP contribution is -2.51. The SMILES string of the molecule is CCOC(=O)CN1c2ccccc2C(=O)C1(c1ccccc1)c1c(-c2ccccc2)n(CC(=O)OCC)c2ccccc12. The number of nitrogens with zero attached hydrogens (tertiary/aromatic N) is 2. The van der Waals surface area contributed by atoms with E-state index in [1.807, 2.05) is 113 Å². The molecule has 0 bridgehead atoms. The van der Waals surface area contributed by atoms with Crippen LogP contribution in [0.5, 0.6) is 0 Å². The third-order valence-electron chi connectivity index (χ3n) is 7.93. The largest absolute Gasteiger partial charge is 0.465 e. The second kappa shape index (κ2) is 11.6. The third-order valence-corrected chi connectivity index (χ3v) is 7.93. The van der Waals surface area contributed by atoms with Gasteiger partial charge in [-0.1, -0.05) is 91.0 Å². The van der Waals surface area contributed by atoms with E-state index < -0.39 is 11.5 Å². The Balaban J connectivity index is 1.78. The summed E-state index contributed by atoms with van der Waals surface area (Å²) in [6, 6.07) is 34.4. The highest BCUT2D eigenvalue weighted by Crippen LogP contribution is 2.54. The predicted octanol–water partition coefficient (Wildman–Crippen LogP) is 6.38. The standard InChI is InChI=1S/C36H32N2O5/c1-3-42-31(39)23-37-29-21-13-11-19-27(29)33(34(37)25-15-7-5-8-16-25)36(26-17-9-6-10-18-26)35(41)28-20-12-14-22-30(28)38(36)24-32(40)43-4-2/h5-22H,3-4,23-24H2,1-2H3. The molecular formula is C36H32N2O5. The average Bonchev–Trinajstić information content (AvgIpc) is 3.48. The number of carbonyl (C=O) groups is 3. The van der Waals surface area contributed by atoms with E-state index in [-0.39, 0.29) is 38.1 Å². The molecule has 0 saturated carbocycles. The van der Waals surface area contributed by atoms with E-state index in [4.69, 9.17) is 9.47 Å². The zero-order valence-corrected chi connectivity index (χ0v) is 24.2. The summed E-state index contributed by atoms with van der Waals surface area (Å²) >= 11 is 0. The van der Waals surface area contributed by atoms with Crippen LogP contribution in [-0.4, -0.2) is 42.0 Å². The Bertz CT molecular complexity index is 1810. The summed E-state index contributed by atoms with van der Waals surface area (Å²) in [4.78, 5) is 43.3. The van der Waals surface area contributed by atoms with Crippen LogP contribution in [0.25, 0.3) is 22.2 Å². The van der Waals surface area contributed by atoms with Gasteiger partial charge in [0.25, 0.3) is 0 Å². The molecule has 5 aromatic rings. The van der Waals surface area contributed by atoms with Gasteiger partial charge in [-0.05, 0) is 43.2 Å². The fraction of sp³-hybridized carbons (Fsp3) is 0.194. The van der Waals surface area contributed by atoms with E-state index in [2.05, 4.69) is 0 Å². The number of carbonyl (C=O) groups excluding carboxylic acids is 3. The zero-order valence-electron chi connectivity index (χ0n) is 24.2. The molecule has 0 spiro atoms. The van der Waals surface area contributed by atoms with Crippen LogP contribution < -0.4 is 4.90 Å². The lowest BCUT2D eigenvalue weighted by molar-refractivity contribution is -0.144. The highest BCUT2D eigenvalue weighted by atomic mass is 16.5. The summed E-state index contributed by atoms with van der Waals surface area (Å²) in [7, 11) is 0. The van der Waals surface area contributed by atoms with Gasteiger partial charge in [0.05, 0.1) is 18.9 Å². The van der Waals surface area contributed by atoms with Crippen LogP contribution in [0.2, 0.25) is 0 Å². The van der Waals surface area contributed by atoms with Crippen molar-refractivity contribution < 1.29 is 23.9 Å². The highest BCUT2D eigenvalue weighted by Gasteiger charge is 2.56. The smallest absolute Gasteiger partial charge is 0.325 e. The van der Waals surface area contributed by atoms with Gasteiger partial charge >= 0.3 is 11.9 Å². The number of rotatable bonds is 9. The van der Waals surface area contributed by atoms with Crippen LogP contribution in [0.3, 0.4) is 0 Å². The maximum Gasteiger partial charge on any atom is 0.325 e. The Hall–Kier alpha value is -5.17. The average molecular weight is 573 g/mol. The normalized spacial score (nSPS) is 15.9. The minimum Gasteiger partial charge on any atom is -0.465 e. The molecule has 7 nitrogen and oxygen atoms in total. The van der Waals surface area contributed by atoms with Crippen molar-refractivity contribution in [2.24, 2.45) is 0 Å². The van der Waals surface area contributed by atoms with Crippen LogP contribution in [-0.2, 0) is 31.1 Å². The molecule has 1 atom stereocenters. The number of esters is 2. The fourth-order valence-electron chi connectivity index (χ4n) is 6.36. The first kappa shape index (κ1) is 28.0. The molecule has 216 valence electrons. The van der Waals surface area contributed by atoms with Gasteiger partial charge in [0.2, 0.25) is 0 Å². The molecule has 6 rings (SSSR count). The maximum absolute atomic E-state index is 15.1. The van der Waals surface area contributed by atoms with Gasteiger partial charge < -0.3 is 18.9 Å². The number of hydrogen-bond acceptors (Lipinski definition) is 6. The van der Waals surface area contributed by atoms with Gasteiger partial charge in [-0.25, -0.2) is 0 Å². The molecule has 1 unspecified atom stereocenters. The van der Waals surface area contributed by atoms with Crippen LogP contribution in [0.15, 0.2) is 109 Å². The Morgan fingerprint density at radius 3 is 1.98 bits per heavy atom. The predicted molar refractivity (Wildman–Crippen MR) is 166 cm³/mol. The minimum absolute atomic E-state index is 0.0531. The van der Waals surface area contributed by atoms with Crippen molar-refractivity contribution >= 4 is 34.3 Å². The molecule has 7 heteroatoms. The summed E-state index contributed by atoms with van der Waals surface area (Å²) in [6.07, 6.45) is 0. The van der Waals surface area contributed by atoms with E-state index in [0.29, 0.717) is 28.1 Å². The molecule has 2 heterocycles. The number of ketones is 1. The molecule has 0 amide bonds. The topological polar surface area (TPSA) is 77.8 Å². The van der Waals surface area contributed by atoms with E-state index >= 15 is 4.79 Å². The molecule has 0 saturated heterocycles. The quantitative estimate of drug-likeness (QED) is 0.191. The first-order chi connectivity index (χ1) is 21.0. The molecule has 1 aromatic heterocycles. The first-order valence-electron chi connectivity index (χ1n) is 14.5. The number of para-hydroxylation sites is 2. The Morgan fingerprint density at radius 2 is 1.28 bits per heavy atom. The fourth-order valence-corrected chi connectivity index (χ4v) is 6.36. The summed E-state index contributed by atoms with van der Waals surface area (Å²) in [5.74, 6) is -0.983. The number of ether oxygens (including phenoxy) is 2. The molecule has 4 aromatic carbocycles. The Labute approximate surface area is 250 Å². The van der Waals surface area contributed by atoms with Gasteiger partial charge in [-0.3, -0.25) is 14.4 Å². The second-order valence-electron chi connectivity index (χ2n) is 10.3. The number of anilines is 1. The van der Waals surface area contributed by atoms with Gasteiger partial charge in [-0.15, -0.1) is 0 Å². The van der Waals surface area contributed by atoms with Crippen molar-refractivity contribution in [3.8, 4) is 11.3 Å². The van der Waals surface area contributed by atoms with Crippen molar-refractivity contribution in [3.63, 3.8) is 0 Å². The van der Waals surface area contributed by atoms with Crippen LogP contribution in [0, 0.1) is 0 Å². The summed E-state index contributed by atoms with van der Waals surface area (Å²) in [6.45, 7) is 3.80. The lowest BCUT2D eigenvalue weighted by atomic mass is 9.76. The van der Waals surface area contributed by atoms with Crippen molar-refractivity contribution in [1.82, 2.24) is 4.57 Å². The van der Waals surface area contributed by atoms with Gasteiger partial charge in [0.15, 0.2) is 11.3 Å². The molecule has 0 fully saturated rings. The van der Waals surface area contributed by atoms with Gasteiger partial charge in [0, 0.05) is 27.7 Å². The highest BCUT2D eigenvalue weighted by molar-refractivity contribution is 6.20. The van der Waals surface area contributed by atoms with E-state index in [1.165, 1.54) is 0 Å². The minimum atomic E-state index is -1.46. The van der Waals surface area contributed by atoms with Gasteiger partial charge in [0.1, 0.15) is 13.1 Å². The second-order valence-corrected chi connectivity index (χ2v) is 10.3. The first-order valence-corrected chi connectivity index (χ1v) is 14.5. The van der Waals surface area contributed by atoms with Crippen LogP contribution in [0.4, 0.5) is 5.69 Å². The summed E-state index contributed by atoms with van der Waals surface area (Å²) in [5, 5.41) is 0.796. The van der Waals surface area contributed by atoms with E-state index in [9.17, 15) is 9.59 Å². The van der Waals surface area contributed by atoms with Crippen molar-refractivity contribution in [2.75, 3.05) is 24.7 Å². The van der Waals surface area contributed by atoms with Crippen LogP contribution in [0.1, 0.15) is 35.3 Å². The molecule has 0 aliphatic carbocycles. The van der Waals surface area contributed by atoms with Gasteiger partial charge in [-0.2, -0.15) is 0 Å². The molecule has 1 aliphatic rings. The van der Waals surface area contributed by atoms with Crippen molar-refractivity contribution in [3.05, 3.63) is 126 Å². The number of fused-ring (bicyclic) bond motifs is 2. The van der Waals surface area contributed by atoms with Crippen molar-refractivity contribution in [1.29, 1.82) is 0 Å². The zero-order chi connectivity index (χ0) is 30.0. The molecule has 0 radical (unpaired) electrons. The molecular weight excluding hydrogens is 540 g/mol. The third kappa shape index (κ3) is 4.57. The number of aromatic nitrogens is 1.